The summed E-state index contributed by atoms with van der Waals surface area (Å²) in [4.78, 5) is 4.71. The highest BCUT2D eigenvalue weighted by Crippen LogP contribution is 2.34. The fraction of sp³-hybridized carbons (Fsp3) is 0.174. The van der Waals surface area contributed by atoms with E-state index in [1.807, 2.05) is 6.20 Å². The molecule has 118 valence electrons. The highest BCUT2D eigenvalue weighted by molar-refractivity contribution is 6.12. The molecule has 0 saturated carbocycles. The SMILES string of the molecule is Cc1cc(C)cc(-c2nccc3c2ccc2c(C)c(C)ccc23)c1. The maximum atomic E-state index is 4.71. The smallest absolute Gasteiger partial charge is 0.0780 e. The zero-order valence-corrected chi connectivity index (χ0v) is 14.6. The molecular weight excluding hydrogens is 290 g/mol. The fourth-order valence-corrected chi connectivity index (χ4v) is 3.67. The molecule has 0 spiro atoms. The second kappa shape index (κ2) is 5.45. The summed E-state index contributed by atoms with van der Waals surface area (Å²) in [5, 5.41) is 5.14. The molecular formula is C23H21N. The van der Waals surface area contributed by atoms with Crippen molar-refractivity contribution in [2.75, 3.05) is 0 Å². The Morgan fingerprint density at radius 2 is 1.25 bits per heavy atom. The van der Waals surface area contributed by atoms with E-state index in [4.69, 9.17) is 4.98 Å². The Bertz CT molecular complexity index is 1070. The molecule has 24 heavy (non-hydrogen) atoms. The lowest BCUT2D eigenvalue weighted by Gasteiger charge is -2.12. The molecule has 4 aromatic rings. The van der Waals surface area contributed by atoms with Gasteiger partial charge in [0.2, 0.25) is 0 Å². The lowest BCUT2D eigenvalue weighted by molar-refractivity contribution is 1.32. The minimum absolute atomic E-state index is 1.07. The van der Waals surface area contributed by atoms with E-state index in [2.05, 4.69) is 76.2 Å². The van der Waals surface area contributed by atoms with Gasteiger partial charge in [0.15, 0.2) is 0 Å². The Morgan fingerprint density at radius 1 is 0.625 bits per heavy atom. The zero-order chi connectivity index (χ0) is 16.8. The highest BCUT2D eigenvalue weighted by Gasteiger charge is 2.10. The van der Waals surface area contributed by atoms with Gasteiger partial charge in [0, 0.05) is 17.1 Å². The molecule has 1 heterocycles. The van der Waals surface area contributed by atoms with Crippen molar-refractivity contribution in [3.8, 4) is 11.3 Å². The summed E-state index contributed by atoms with van der Waals surface area (Å²) in [5.41, 5.74) is 7.51. The molecule has 0 N–H and O–H groups in total. The monoisotopic (exact) mass is 311 g/mol. The van der Waals surface area contributed by atoms with Crippen molar-refractivity contribution < 1.29 is 0 Å². The van der Waals surface area contributed by atoms with Gasteiger partial charge < -0.3 is 0 Å². The van der Waals surface area contributed by atoms with Crippen molar-refractivity contribution in [1.29, 1.82) is 0 Å². The highest BCUT2D eigenvalue weighted by atomic mass is 14.7. The first-order chi connectivity index (χ1) is 11.5. The van der Waals surface area contributed by atoms with Gasteiger partial charge in [-0.25, -0.2) is 0 Å². The predicted molar refractivity (Wildman–Crippen MR) is 104 cm³/mol. The van der Waals surface area contributed by atoms with Crippen LogP contribution in [-0.4, -0.2) is 4.98 Å². The van der Waals surface area contributed by atoms with E-state index in [0.29, 0.717) is 0 Å². The van der Waals surface area contributed by atoms with Crippen LogP contribution in [0.5, 0.6) is 0 Å². The lowest BCUT2D eigenvalue weighted by Crippen LogP contribution is -1.90. The number of aromatic nitrogens is 1. The number of rotatable bonds is 1. The molecule has 1 heteroatoms. The Hall–Kier alpha value is -2.67. The first-order valence-electron chi connectivity index (χ1n) is 8.41. The third kappa shape index (κ3) is 2.28. The van der Waals surface area contributed by atoms with Crippen LogP contribution in [0, 0.1) is 27.7 Å². The van der Waals surface area contributed by atoms with Crippen molar-refractivity contribution in [1.82, 2.24) is 4.98 Å². The number of pyridine rings is 1. The van der Waals surface area contributed by atoms with Crippen molar-refractivity contribution >= 4 is 21.5 Å². The van der Waals surface area contributed by atoms with E-state index in [1.165, 1.54) is 49.4 Å². The van der Waals surface area contributed by atoms with E-state index in [-0.39, 0.29) is 0 Å². The molecule has 1 aromatic heterocycles. The zero-order valence-electron chi connectivity index (χ0n) is 14.6. The summed E-state index contributed by atoms with van der Waals surface area (Å²) in [6, 6.07) is 17.7. The summed E-state index contributed by atoms with van der Waals surface area (Å²) in [7, 11) is 0. The van der Waals surface area contributed by atoms with E-state index in [1.54, 1.807) is 0 Å². The van der Waals surface area contributed by atoms with Crippen molar-refractivity contribution in [2.24, 2.45) is 0 Å². The minimum Gasteiger partial charge on any atom is -0.256 e. The van der Waals surface area contributed by atoms with Crippen LogP contribution in [0.15, 0.2) is 54.7 Å². The molecule has 0 bridgehead atoms. The molecule has 0 fully saturated rings. The summed E-state index contributed by atoms with van der Waals surface area (Å²) < 4.78 is 0. The minimum atomic E-state index is 1.07. The maximum Gasteiger partial charge on any atom is 0.0780 e. The molecule has 0 aliphatic carbocycles. The van der Waals surface area contributed by atoms with Gasteiger partial charge in [-0.05, 0) is 73.2 Å². The van der Waals surface area contributed by atoms with E-state index < -0.39 is 0 Å². The van der Waals surface area contributed by atoms with E-state index >= 15 is 0 Å². The van der Waals surface area contributed by atoms with Crippen LogP contribution < -0.4 is 0 Å². The quantitative estimate of drug-likeness (QED) is 0.376. The molecule has 0 atom stereocenters. The second-order valence-electron chi connectivity index (χ2n) is 6.80. The van der Waals surface area contributed by atoms with Gasteiger partial charge in [-0.1, -0.05) is 41.5 Å². The summed E-state index contributed by atoms with van der Waals surface area (Å²) in [6.07, 6.45) is 1.93. The number of fused-ring (bicyclic) bond motifs is 3. The normalized spacial score (nSPS) is 11.3. The number of nitrogens with zero attached hydrogens (tertiary/aromatic N) is 1. The second-order valence-corrected chi connectivity index (χ2v) is 6.80. The number of hydrogen-bond acceptors (Lipinski definition) is 1. The van der Waals surface area contributed by atoms with Crippen molar-refractivity contribution in [2.45, 2.75) is 27.7 Å². The van der Waals surface area contributed by atoms with Crippen molar-refractivity contribution in [3.05, 3.63) is 77.0 Å². The topological polar surface area (TPSA) is 12.9 Å². The molecule has 0 aliphatic heterocycles. The molecule has 0 amide bonds. The third-order valence-electron chi connectivity index (χ3n) is 4.98. The number of aryl methyl sites for hydroxylation is 4. The standard InChI is InChI=1S/C23H21N/c1-14-11-15(2)13-18(12-14)23-22-8-7-19-17(4)16(3)5-6-20(19)21(22)9-10-24-23/h5-13H,1-4H3. The molecule has 0 saturated heterocycles. The van der Waals surface area contributed by atoms with Crippen LogP contribution in [0.1, 0.15) is 22.3 Å². The summed E-state index contributed by atoms with van der Waals surface area (Å²) >= 11 is 0. The maximum absolute atomic E-state index is 4.71. The van der Waals surface area contributed by atoms with E-state index in [0.717, 1.165) is 5.69 Å². The Kier molecular flexibility index (Phi) is 3.38. The summed E-state index contributed by atoms with van der Waals surface area (Å²) in [5.74, 6) is 0. The van der Waals surface area contributed by atoms with Crippen LogP contribution in [0.25, 0.3) is 32.8 Å². The Morgan fingerprint density at radius 3 is 2.00 bits per heavy atom. The lowest BCUT2D eigenvalue weighted by atomic mass is 9.94. The fourth-order valence-electron chi connectivity index (χ4n) is 3.67. The van der Waals surface area contributed by atoms with Crippen LogP contribution in [0.3, 0.4) is 0 Å². The largest absolute Gasteiger partial charge is 0.256 e. The van der Waals surface area contributed by atoms with Crippen LogP contribution in [0.4, 0.5) is 0 Å². The van der Waals surface area contributed by atoms with Gasteiger partial charge in [0.1, 0.15) is 0 Å². The molecule has 3 aromatic carbocycles. The molecule has 1 nitrogen and oxygen atoms in total. The van der Waals surface area contributed by atoms with Crippen LogP contribution >= 0.6 is 0 Å². The number of benzene rings is 3. The van der Waals surface area contributed by atoms with Gasteiger partial charge >= 0.3 is 0 Å². The first-order valence-corrected chi connectivity index (χ1v) is 8.41. The Labute approximate surface area is 143 Å². The molecule has 0 radical (unpaired) electrons. The number of hydrogen-bond donors (Lipinski definition) is 0. The average molecular weight is 311 g/mol. The third-order valence-corrected chi connectivity index (χ3v) is 4.98. The predicted octanol–water partition coefficient (Wildman–Crippen LogP) is 6.29. The first kappa shape index (κ1) is 14.9. The van der Waals surface area contributed by atoms with E-state index in [9.17, 15) is 0 Å². The summed E-state index contributed by atoms with van der Waals surface area (Å²) in [6.45, 7) is 8.66. The van der Waals surface area contributed by atoms with Crippen LogP contribution in [0.2, 0.25) is 0 Å². The molecule has 0 unspecified atom stereocenters. The molecule has 4 rings (SSSR count). The molecule has 0 aliphatic rings. The van der Waals surface area contributed by atoms with Gasteiger partial charge in [-0.3, -0.25) is 4.98 Å². The van der Waals surface area contributed by atoms with Gasteiger partial charge in [-0.2, -0.15) is 0 Å². The van der Waals surface area contributed by atoms with Crippen molar-refractivity contribution in [3.63, 3.8) is 0 Å². The Balaban J connectivity index is 2.09. The van der Waals surface area contributed by atoms with Crippen LogP contribution in [-0.2, 0) is 0 Å². The van der Waals surface area contributed by atoms with Gasteiger partial charge in [-0.15, -0.1) is 0 Å². The van der Waals surface area contributed by atoms with Gasteiger partial charge in [0.25, 0.3) is 0 Å². The van der Waals surface area contributed by atoms with Gasteiger partial charge in [0.05, 0.1) is 5.69 Å². The average Bonchev–Trinajstić information content (AvgIpc) is 2.56.